The van der Waals surface area contributed by atoms with Gasteiger partial charge in [0.2, 0.25) is 0 Å². The van der Waals surface area contributed by atoms with E-state index in [-0.39, 0.29) is 40.9 Å². The van der Waals surface area contributed by atoms with E-state index in [1.807, 2.05) is 6.07 Å². The molecule has 2 amide bonds. The minimum absolute atomic E-state index is 0.122. The molecular formula is C24H21FN4O3. The summed E-state index contributed by atoms with van der Waals surface area (Å²) in [5.74, 6) is -0.960. The maximum Gasteiger partial charge on any atom is 0.259 e. The lowest BCUT2D eigenvalue weighted by Gasteiger charge is -2.12. The zero-order chi connectivity index (χ0) is 22.8. The number of aromatic nitrogens is 2. The normalized spacial score (nSPS) is 10.9. The molecule has 4 rings (SSSR count). The van der Waals surface area contributed by atoms with Crippen molar-refractivity contribution in [2.75, 3.05) is 14.1 Å². The van der Waals surface area contributed by atoms with Crippen molar-refractivity contribution in [3.8, 4) is 11.3 Å². The topological polar surface area (TPSA) is 88.3 Å². The lowest BCUT2D eigenvalue weighted by Crippen LogP contribution is -2.24. The third-order valence-electron chi connectivity index (χ3n) is 5.04. The maximum atomic E-state index is 14.3. The summed E-state index contributed by atoms with van der Waals surface area (Å²) >= 11 is 0. The standard InChI is InChI=1S/C24H21FN4O3/c1-14-21-18(12-20(27-23(21)32-28-14)17-9-4-5-10-19(17)25)22(30)26-13-15-7-6-8-16(11-15)24(31)29(2)3/h4-12H,13H2,1-3H3,(H,26,30). The summed E-state index contributed by atoms with van der Waals surface area (Å²) in [4.78, 5) is 31.1. The summed E-state index contributed by atoms with van der Waals surface area (Å²) in [6.45, 7) is 1.92. The quantitative estimate of drug-likeness (QED) is 0.516. The van der Waals surface area contributed by atoms with E-state index < -0.39 is 5.82 Å². The van der Waals surface area contributed by atoms with Gasteiger partial charge in [-0.1, -0.05) is 29.4 Å². The molecule has 2 aromatic carbocycles. The number of halogens is 1. The van der Waals surface area contributed by atoms with Crippen LogP contribution in [0.25, 0.3) is 22.4 Å². The van der Waals surface area contributed by atoms with Crippen molar-refractivity contribution < 1.29 is 18.5 Å². The first-order chi connectivity index (χ1) is 15.3. The molecule has 2 aromatic heterocycles. The number of amides is 2. The van der Waals surface area contributed by atoms with Crippen molar-refractivity contribution in [2.45, 2.75) is 13.5 Å². The Bertz CT molecular complexity index is 1330. The van der Waals surface area contributed by atoms with Crippen LogP contribution in [0.3, 0.4) is 0 Å². The number of benzene rings is 2. The number of rotatable bonds is 5. The Morgan fingerprint density at radius 3 is 2.62 bits per heavy atom. The first-order valence-corrected chi connectivity index (χ1v) is 9.96. The minimum Gasteiger partial charge on any atom is -0.348 e. The molecule has 0 saturated heterocycles. The average molecular weight is 432 g/mol. The largest absolute Gasteiger partial charge is 0.348 e. The lowest BCUT2D eigenvalue weighted by atomic mass is 10.0. The summed E-state index contributed by atoms with van der Waals surface area (Å²) in [7, 11) is 3.36. The fraction of sp³-hybridized carbons (Fsp3) is 0.167. The van der Waals surface area contributed by atoms with Gasteiger partial charge in [0.1, 0.15) is 5.82 Å². The van der Waals surface area contributed by atoms with E-state index in [0.717, 1.165) is 5.56 Å². The highest BCUT2D eigenvalue weighted by molar-refractivity contribution is 6.07. The van der Waals surface area contributed by atoms with Gasteiger partial charge in [0.25, 0.3) is 17.5 Å². The second kappa shape index (κ2) is 8.58. The Hall–Kier alpha value is -4.07. The fourth-order valence-electron chi connectivity index (χ4n) is 3.43. The van der Waals surface area contributed by atoms with Gasteiger partial charge in [0.15, 0.2) is 0 Å². The van der Waals surface area contributed by atoms with Crippen LogP contribution in [0.4, 0.5) is 4.39 Å². The third-order valence-corrected chi connectivity index (χ3v) is 5.04. The molecule has 4 aromatic rings. The molecule has 0 bridgehead atoms. The molecule has 32 heavy (non-hydrogen) atoms. The van der Waals surface area contributed by atoms with Crippen molar-refractivity contribution in [3.63, 3.8) is 0 Å². The van der Waals surface area contributed by atoms with Crippen molar-refractivity contribution >= 4 is 22.9 Å². The number of carbonyl (C=O) groups excluding carboxylic acids is 2. The molecule has 0 atom stereocenters. The summed E-state index contributed by atoms with van der Waals surface area (Å²) in [5, 5.41) is 7.24. The first-order valence-electron chi connectivity index (χ1n) is 9.96. The molecule has 162 valence electrons. The highest BCUT2D eigenvalue weighted by Gasteiger charge is 2.20. The van der Waals surface area contributed by atoms with E-state index >= 15 is 0 Å². The number of pyridine rings is 1. The molecule has 0 aliphatic heterocycles. The Balaban J connectivity index is 1.65. The van der Waals surface area contributed by atoms with E-state index in [4.69, 9.17) is 4.52 Å². The highest BCUT2D eigenvalue weighted by atomic mass is 19.1. The van der Waals surface area contributed by atoms with Gasteiger partial charge in [0, 0.05) is 31.8 Å². The third kappa shape index (κ3) is 4.07. The van der Waals surface area contributed by atoms with Crippen LogP contribution in [0.15, 0.2) is 59.1 Å². The molecule has 0 unspecified atom stereocenters. The zero-order valence-corrected chi connectivity index (χ0v) is 17.8. The number of hydrogen-bond donors (Lipinski definition) is 1. The Morgan fingerprint density at radius 2 is 1.88 bits per heavy atom. The van der Waals surface area contributed by atoms with Crippen LogP contribution in [-0.2, 0) is 6.54 Å². The van der Waals surface area contributed by atoms with Gasteiger partial charge in [-0.05, 0) is 42.8 Å². The first kappa shape index (κ1) is 21.2. The Labute approximate surface area is 183 Å². The molecule has 2 heterocycles. The molecule has 0 saturated carbocycles. The summed E-state index contributed by atoms with van der Waals surface area (Å²) < 4.78 is 19.6. The molecule has 8 heteroatoms. The van der Waals surface area contributed by atoms with Gasteiger partial charge in [-0.25, -0.2) is 9.37 Å². The molecule has 1 N–H and O–H groups in total. The summed E-state index contributed by atoms with van der Waals surface area (Å²) in [5.41, 5.74) is 2.79. The van der Waals surface area contributed by atoms with Crippen LogP contribution in [0.5, 0.6) is 0 Å². The number of hydrogen-bond acceptors (Lipinski definition) is 5. The molecule has 0 fully saturated rings. The van der Waals surface area contributed by atoms with Crippen LogP contribution in [-0.4, -0.2) is 41.0 Å². The number of nitrogens with one attached hydrogen (secondary N) is 1. The van der Waals surface area contributed by atoms with Crippen molar-refractivity contribution in [2.24, 2.45) is 0 Å². The smallest absolute Gasteiger partial charge is 0.259 e. The van der Waals surface area contributed by atoms with Gasteiger partial charge in [-0.15, -0.1) is 0 Å². The number of aryl methyl sites for hydroxylation is 1. The van der Waals surface area contributed by atoms with Crippen LogP contribution in [0.1, 0.15) is 32.0 Å². The Kier molecular flexibility index (Phi) is 5.68. The Morgan fingerprint density at radius 1 is 1.09 bits per heavy atom. The van der Waals surface area contributed by atoms with Gasteiger partial charge in [-0.3, -0.25) is 9.59 Å². The monoisotopic (exact) mass is 432 g/mol. The maximum absolute atomic E-state index is 14.3. The number of carbonyl (C=O) groups is 2. The average Bonchev–Trinajstić information content (AvgIpc) is 3.17. The second-order valence-corrected chi connectivity index (χ2v) is 7.57. The predicted octanol–water partition coefficient (Wildman–Crippen LogP) is 3.97. The van der Waals surface area contributed by atoms with Crippen LogP contribution < -0.4 is 5.32 Å². The molecule has 0 radical (unpaired) electrons. The molecular weight excluding hydrogens is 411 g/mol. The van der Waals surface area contributed by atoms with E-state index in [1.165, 1.54) is 17.0 Å². The van der Waals surface area contributed by atoms with Crippen molar-refractivity contribution in [3.05, 3.63) is 82.8 Å². The van der Waals surface area contributed by atoms with Crippen LogP contribution >= 0.6 is 0 Å². The predicted molar refractivity (Wildman–Crippen MR) is 118 cm³/mol. The van der Waals surface area contributed by atoms with Crippen LogP contribution in [0.2, 0.25) is 0 Å². The van der Waals surface area contributed by atoms with Crippen molar-refractivity contribution in [1.29, 1.82) is 0 Å². The minimum atomic E-state index is -0.454. The zero-order valence-electron chi connectivity index (χ0n) is 17.8. The van der Waals surface area contributed by atoms with E-state index in [1.54, 1.807) is 57.4 Å². The van der Waals surface area contributed by atoms with Gasteiger partial charge in [0.05, 0.1) is 22.3 Å². The fourth-order valence-corrected chi connectivity index (χ4v) is 3.43. The summed E-state index contributed by atoms with van der Waals surface area (Å²) in [6, 6.07) is 14.8. The molecule has 0 spiro atoms. The van der Waals surface area contributed by atoms with Gasteiger partial charge in [-0.2, -0.15) is 0 Å². The lowest BCUT2D eigenvalue weighted by molar-refractivity contribution is 0.0827. The number of nitrogens with zero attached hydrogens (tertiary/aromatic N) is 3. The SMILES string of the molecule is Cc1noc2nc(-c3ccccc3F)cc(C(=O)NCc3cccc(C(=O)N(C)C)c3)c12. The van der Waals surface area contributed by atoms with E-state index in [9.17, 15) is 14.0 Å². The van der Waals surface area contributed by atoms with Crippen molar-refractivity contribution in [1.82, 2.24) is 20.4 Å². The molecule has 0 aliphatic carbocycles. The van der Waals surface area contributed by atoms with E-state index in [2.05, 4.69) is 15.5 Å². The molecule has 7 nitrogen and oxygen atoms in total. The number of fused-ring (bicyclic) bond motifs is 1. The second-order valence-electron chi connectivity index (χ2n) is 7.57. The highest BCUT2D eigenvalue weighted by Crippen LogP contribution is 2.28. The van der Waals surface area contributed by atoms with E-state index in [0.29, 0.717) is 16.6 Å². The van der Waals surface area contributed by atoms with Gasteiger partial charge >= 0.3 is 0 Å². The van der Waals surface area contributed by atoms with Gasteiger partial charge < -0.3 is 14.7 Å². The molecule has 0 aliphatic rings. The summed E-state index contributed by atoms with van der Waals surface area (Å²) in [6.07, 6.45) is 0. The van der Waals surface area contributed by atoms with Crippen LogP contribution in [0, 0.1) is 12.7 Å².